The Bertz CT molecular complexity index is 107. The average Bonchev–Trinajstić information content (AvgIpc) is 2.31. The summed E-state index contributed by atoms with van der Waals surface area (Å²) in [6.07, 6.45) is 1.77. The highest BCUT2D eigenvalue weighted by Crippen LogP contribution is 1.89. The number of hydrogen-bond donors (Lipinski definition) is 1. The van der Waals surface area contributed by atoms with Crippen molar-refractivity contribution in [3.05, 3.63) is 0 Å². The SMILES string of the molecule is COCCOCCCOCCCOCCO. The molecule has 0 radical (unpaired) electrons. The fraction of sp³-hybridized carbons (Fsp3) is 1.00. The molecule has 0 amide bonds. The van der Waals surface area contributed by atoms with Crippen LogP contribution in [0.15, 0.2) is 0 Å². The smallest absolute Gasteiger partial charge is 0.0700 e. The minimum atomic E-state index is 0.0830. The van der Waals surface area contributed by atoms with Crippen molar-refractivity contribution < 1.29 is 24.1 Å². The van der Waals surface area contributed by atoms with E-state index < -0.39 is 0 Å². The van der Waals surface area contributed by atoms with Gasteiger partial charge in [-0.1, -0.05) is 0 Å². The molecule has 1 N–H and O–H groups in total. The molecule has 5 nitrogen and oxygen atoms in total. The van der Waals surface area contributed by atoms with Crippen molar-refractivity contribution in [3.63, 3.8) is 0 Å². The Hall–Kier alpha value is -0.200. The Labute approximate surface area is 97.6 Å². The maximum absolute atomic E-state index is 8.45. The van der Waals surface area contributed by atoms with Crippen LogP contribution in [0.3, 0.4) is 0 Å². The summed E-state index contributed by atoms with van der Waals surface area (Å²) in [4.78, 5) is 0. The van der Waals surface area contributed by atoms with E-state index in [9.17, 15) is 0 Å². The minimum absolute atomic E-state index is 0.0830. The summed E-state index contributed by atoms with van der Waals surface area (Å²) in [6, 6.07) is 0. The molecule has 0 aliphatic carbocycles. The van der Waals surface area contributed by atoms with Gasteiger partial charge in [0.2, 0.25) is 0 Å². The highest BCUT2D eigenvalue weighted by Gasteiger charge is 1.92. The normalized spacial score (nSPS) is 10.9. The van der Waals surface area contributed by atoms with Gasteiger partial charge in [0.25, 0.3) is 0 Å². The average molecular weight is 236 g/mol. The summed E-state index contributed by atoms with van der Waals surface area (Å²) < 4.78 is 20.6. The highest BCUT2D eigenvalue weighted by molar-refractivity contribution is 4.38. The van der Waals surface area contributed by atoms with Crippen LogP contribution in [-0.2, 0) is 18.9 Å². The molecule has 0 fully saturated rings. The second kappa shape index (κ2) is 14.8. The predicted octanol–water partition coefficient (Wildman–Crippen LogP) is 0.455. The van der Waals surface area contributed by atoms with Gasteiger partial charge in [-0.3, -0.25) is 0 Å². The van der Waals surface area contributed by atoms with Gasteiger partial charge in [0, 0.05) is 33.5 Å². The van der Waals surface area contributed by atoms with Gasteiger partial charge in [0.1, 0.15) is 0 Å². The van der Waals surface area contributed by atoms with Crippen LogP contribution in [0.25, 0.3) is 0 Å². The number of methoxy groups -OCH3 is 1. The lowest BCUT2D eigenvalue weighted by Gasteiger charge is -2.05. The minimum Gasteiger partial charge on any atom is -0.394 e. The molecule has 0 heterocycles. The van der Waals surface area contributed by atoms with E-state index in [2.05, 4.69) is 0 Å². The van der Waals surface area contributed by atoms with E-state index in [1.54, 1.807) is 7.11 Å². The fourth-order valence-electron chi connectivity index (χ4n) is 1.04. The predicted molar refractivity (Wildman–Crippen MR) is 60.7 cm³/mol. The first-order valence-electron chi connectivity index (χ1n) is 5.75. The molecule has 0 unspecified atom stereocenters. The van der Waals surface area contributed by atoms with Crippen LogP contribution in [0.5, 0.6) is 0 Å². The molecule has 0 spiro atoms. The Morgan fingerprint density at radius 1 is 0.688 bits per heavy atom. The maximum atomic E-state index is 8.45. The molecular formula is C11H24O5. The molecule has 0 saturated carbocycles. The molecular weight excluding hydrogens is 212 g/mol. The first-order valence-corrected chi connectivity index (χ1v) is 5.75. The Kier molecular flexibility index (Phi) is 14.6. The number of hydrogen-bond acceptors (Lipinski definition) is 5. The second-order valence-corrected chi connectivity index (χ2v) is 3.26. The molecule has 5 heteroatoms. The zero-order valence-electron chi connectivity index (χ0n) is 10.2. The van der Waals surface area contributed by atoms with Crippen LogP contribution in [0.2, 0.25) is 0 Å². The molecule has 0 atom stereocenters. The van der Waals surface area contributed by atoms with Gasteiger partial charge >= 0.3 is 0 Å². The van der Waals surface area contributed by atoms with Crippen LogP contribution in [0.4, 0.5) is 0 Å². The molecule has 16 heavy (non-hydrogen) atoms. The molecule has 0 aliphatic rings. The van der Waals surface area contributed by atoms with Gasteiger partial charge in [-0.25, -0.2) is 0 Å². The number of ether oxygens (including phenoxy) is 4. The van der Waals surface area contributed by atoms with E-state index in [-0.39, 0.29) is 6.61 Å². The lowest BCUT2D eigenvalue weighted by atomic mass is 10.4. The number of aliphatic hydroxyl groups excluding tert-OH is 1. The standard InChI is InChI=1S/C11H24O5/c1-13-10-11-16-8-3-6-14-5-2-7-15-9-4-12/h12H,2-11H2,1H3. The quantitative estimate of drug-likeness (QED) is 0.471. The topological polar surface area (TPSA) is 57.2 Å². The molecule has 0 aliphatic heterocycles. The molecule has 0 aromatic carbocycles. The van der Waals surface area contributed by atoms with Crippen LogP contribution in [0, 0.1) is 0 Å². The first-order chi connectivity index (χ1) is 7.91. The van der Waals surface area contributed by atoms with Crippen molar-refractivity contribution in [1.82, 2.24) is 0 Å². The van der Waals surface area contributed by atoms with Crippen molar-refractivity contribution in [2.45, 2.75) is 12.8 Å². The van der Waals surface area contributed by atoms with Crippen molar-refractivity contribution in [1.29, 1.82) is 0 Å². The van der Waals surface area contributed by atoms with Crippen LogP contribution in [-0.4, -0.2) is 65.1 Å². The summed E-state index contributed by atoms with van der Waals surface area (Å²) >= 11 is 0. The fourth-order valence-corrected chi connectivity index (χ4v) is 1.04. The zero-order valence-corrected chi connectivity index (χ0v) is 10.2. The second-order valence-electron chi connectivity index (χ2n) is 3.26. The van der Waals surface area contributed by atoms with E-state index in [1.807, 2.05) is 0 Å². The Morgan fingerprint density at radius 3 is 1.69 bits per heavy atom. The third-order valence-corrected chi connectivity index (χ3v) is 1.82. The van der Waals surface area contributed by atoms with E-state index in [4.69, 9.17) is 24.1 Å². The number of aliphatic hydroxyl groups is 1. The van der Waals surface area contributed by atoms with E-state index >= 15 is 0 Å². The van der Waals surface area contributed by atoms with Gasteiger partial charge < -0.3 is 24.1 Å². The molecule has 0 rings (SSSR count). The van der Waals surface area contributed by atoms with Gasteiger partial charge in [-0.2, -0.15) is 0 Å². The monoisotopic (exact) mass is 236 g/mol. The highest BCUT2D eigenvalue weighted by atomic mass is 16.5. The van der Waals surface area contributed by atoms with Crippen molar-refractivity contribution >= 4 is 0 Å². The van der Waals surface area contributed by atoms with Crippen molar-refractivity contribution in [2.75, 3.05) is 60.0 Å². The molecule has 0 aromatic heterocycles. The van der Waals surface area contributed by atoms with Crippen LogP contribution >= 0.6 is 0 Å². The van der Waals surface area contributed by atoms with E-state index in [0.29, 0.717) is 46.2 Å². The van der Waals surface area contributed by atoms with E-state index in [0.717, 1.165) is 12.8 Å². The van der Waals surface area contributed by atoms with Gasteiger partial charge in [0.15, 0.2) is 0 Å². The van der Waals surface area contributed by atoms with Crippen LogP contribution in [0.1, 0.15) is 12.8 Å². The summed E-state index contributed by atoms with van der Waals surface area (Å²) in [7, 11) is 1.66. The largest absolute Gasteiger partial charge is 0.394 e. The van der Waals surface area contributed by atoms with Crippen LogP contribution < -0.4 is 0 Å². The summed E-state index contributed by atoms with van der Waals surface area (Å²) in [5, 5.41) is 8.45. The summed E-state index contributed by atoms with van der Waals surface area (Å²) in [6.45, 7) is 4.55. The van der Waals surface area contributed by atoms with E-state index in [1.165, 1.54) is 0 Å². The number of rotatable bonds is 13. The summed E-state index contributed by atoms with van der Waals surface area (Å²) in [5.74, 6) is 0. The van der Waals surface area contributed by atoms with Gasteiger partial charge in [-0.05, 0) is 12.8 Å². The van der Waals surface area contributed by atoms with Gasteiger partial charge in [-0.15, -0.1) is 0 Å². The Morgan fingerprint density at radius 2 is 1.19 bits per heavy atom. The lowest BCUT2D eigenvalue weighted by molar-refractivity contribution is 0.0414. The molecule has 0 aromatic rings. The maximum Gasteiger partial charge on any atom is 0.0700 e. The van der Waals surface area contributed by atoms with Gasteiger partial charge in [0.05, 0.1) is 26.4 Å². The third kappa shape index (κ3) is 13.8. The molecule has 98 valence electrons. The summed E-state index contributed by atoms with van der Waals surface area (Å²) in [5.41, 5.74) is 0. The zero-order chi connectivity index (χ0) is 11.9. The van der Waals surface area contributed by atoms with Crippen molar-refractivity contribution in [3.8, 4) is 0 Å². The van der Waals surface area contributed by atoms with Crippen molar-refractivity contribution in [2.24, 2.45) is 0 Å². The lowest BCUT2D eigenvalue weighted by Crippen LogP contribution is -2.07. The Balaban J connectivity index is 2.83. The third-order valence-electron chi connectivity index (χ3n) is 1.82. The molecule has 0 bridgehead atoms. The molecule has 0 saturated heterocycles. The first kappa shape index (κ1) is 15.8.